The van der Waals surface area contributed by atoms with E-state index >= 15 is 0 Å². The monoisotopic (exact) mass is 389 g/mol. The first-order valence-electron chi connectivity index (χ1n) is 9.31. The molecule has 8 heteroatoms. The number of aromatic nitrogens is 4. The summed E-state index contributed by atoms with van der Waals surface area (Å²) in [5.74, 6) is 0.206. The molecule has 1 aliphatic heterocycles. The molecule has 3 aromatic rings. The number of aromatic amines is 1. The number of nitrogens with one attached hydrogen (secondary N) is 1. The predicted molar refractivity (Wildman–Crippen MR) is 99.5 cm³/mol. The molecule has 1 N–H and O–H groups in total. The number of likely N-dealkylation sites (tertiary alicyclic amines) is 1. The number of piperidine rings is 1. The van der Waals surface area contributed by atoms with Crippen LogP contribution in [0.4, 0.5) is 13.2 Å². The molecule has 0 saturated carbocycles. The Morgan fingerprint density at radius 3 is 2.86 bits per heavy atom. The number of hydrogen-bond donors (Lipinski definition) is 1. The van der Waals surface area contributed by atoms with Gasteiger partial charge >= 0.3 is 6.18 Å². The molecule has 148 valence electrons. The summed E-state index contributed by atoms with van der Waals surface area (Å²) in [5, 5.41) is 11.4. The Bertz CT molecular complexity index is 943. The molecule has 0 spiro atoms. The summed E-state index contributed by atoms with van der Waals surface area (Å²) in [5.41, 5.74) is 2.72. The van der Waals surface area contributed by atoms with Gasteiger partial charge in [-0.05, 0) is 37.1 Å². The van der Waals surface area contributed by atoms with E-state index in [1.165, 1.54) is 12.1 Å². The zero-order valence-corrected chi connectivity index (χ0v) is 15.6. The van der Waals surface area contributed by atoms with Crippen LogP contribution in [0.15, 0.2) is 42.9 Å². The topological polar surface area (TPSA) is 49.7 Å². The van der Waals surface area contributed by atoms with Crippen LogP contribution in [-0.2, 0) is 19.8 Å². The van der Waals surface area contributed by atoms with Crippen LogP contribution in [0.5, 0.6) is 0 Å². The average Bonchev–Trinajstić information content (AvgIpc) is 3.30. The molecule has 0 bridgehead atoms. The molecule has 28 heavy (non-hydrogen) atoms. The number of alkyl halides is 3. The summed E-state index contributed by atoms with van der Waals surface area (Å²) in [7, 11) is 1.90. The Balaban J connectivity index is 1.55. The highest BCUT2D eigenvalue weighted by Crippen LogP contribution is 2.36. The van der Waals surface area contributed by atoms with E-state index in [4.69, 9.17) is 0 Å². The zero-order valence-electron chi connectivity index (χ0n) is 15.6. The van der Waals surface area contributed by atoms with Crippen LogP contribution in [-0.4, -0.2) is 38.0 Å². The van der Waals surface area contributed by atoms with Gasteiger partial charge in [-0.3, -0.25) is 14.7 Å². The van der Waals surface area contributed by atoms with Gasteiger partial charge in [0.2, 0.25) is 0 Å². The number of hydrogen-bond acceptors (Lipinski definition) is 3. The second-order valence-electron chi connectivity index (χ2n) is 7.37. The average molecular weight is 389 g/mol. The SMILES string of the molecule is Cn1cc(CN2CCC[C@H](c3[nH]ncc3-c3cccc(C(F)(F)F)c3)C2)cn1. The van der Waals surface area contributed by atoms with E-state index < -0.39 is 11.7 Å². The van der Waals surface area contributed by atoms with Crippen LogP contribution in [0.3, 0.4) is 0 Å². The van der Waals surface area contributed by atoms with Crippen LogP contribution in [0.1, 0.15) is 35.6 Å². The van der Waals surface area contributed by atoms with E-state index in [1.54, 1.807) is 16.9 Å². The minimum Gasteiger partial charge on any atom is -0.298 e. The summed E-state index contributed by atoms with van der Waals surface area (Å²) in [6.45, 7) is 2.65. The van der Waals surface area contributed by atoms with E-state index in [9.17, 15) is 13.2 Å². The normalized spacial score (nSPS) is 18.5. The van der Waals surface area contributed by atoms with Crippen molar-refractivity contribution in [3.05, 3.63) is 59.7 Å². The first-order valence-corrected chi connectivity index (χ1v) is 9.31. The molecule has 5 nitrogen and oxygen atoms in total. The predicted octanol–water partition coefficient (Wildman–Crippen LogP) is 4.21. The Morgan fingerprint density at radius 2 is 2.11 bits per heavy atom. The molecule has 1 aliphatic rings. The molecule has 3 heterocycles. The first-order chi connectivity index (χ1) is 13.4. The maximum Gasteiger partial charge on any atom is 0.416 e. The minimum absolute atomic E-state index is 0.206. The maximum absolute atomic E-state index is 13.1. The summed E-state index contributed by atoms with van der Waals surface area (Å²) >= 11 is 0. The van der Waals surface area contributed by atoms with E-state index in [0.29, 0.717) is 5.56 Å². The van der Waals surface area contributed by atoms with Crippen molar-refractivity contribution >= 4 is 0 Å². The molecule has 1 fully saturated rings. The molecule has 1 atom stereocenters. The van der Waals surface area contributed by atoms with Crippen molar-refractivity contribution < 1.29 is 13.2 Å². The number of benzene rings is 1. The smallest absolute Gasteiger partial charge is 0.298 e. The van der Waals surface area contributed by atoms with Crippen molar-refractivity contribution in [1.82, 2.24) is 24.9 Å². The molecule has 0 aliphatic carbocycles. The maximum atomic E-state index is 13.1. The number of H-pyrrole nitrogens is 1. The highest BCUT2D eigenvalue weighted by molar-refractivity contribution is 5.66. The van der Waals surface area contributed by atoms with Crippen molar-refractivity contribution in [2.45, 2.75) is 31.5 Å². The first kappa shape index (κ1) is 18.7. The molecular formula is C20H22F3N5. The molecule has 1 saturated heterocycles. The van der Waals surface area contributed by atoms with Crippen molar-refractivity contribution in [1.29, 1.82) is 0 Å². The summed E-state index contributed by atoms with van der Waals surface area (Å²) in [4.78, 5) is 2.36. The largest absolute Gasteiger partial charge is 0.416 e. The highest BCUT2D eigenvalue weighted by Gasteiger charge is 2.31. The van der Waals surface area contributed by atoms with Crippen LogP contribution >= 0.6 is 0 Å². The van der Waals surface area contributed by atoms with E-state index in [0.717, 1.165) is 55.4 Å². The molecule has 1 aromatic carbocycles. The number of aryl methyl sites for hydroxylation is 1. The third kappa shape index (κ3) is 3.96. The molecular weight excluding hydrogens is 367 g/mol. The van der Waals surface area contributed by atoms with Crippen LogP contribution < -0.4 is 0 Å². The standard InChI is InChI=1S/C20H22F3N5/c1-27-11-14(9-25-27)12-28-7-3-5-16(13-28)19-18(10-24-26-19)15-4-2-6-17(8-15)20(21,22)23/h2,4,6,8-11,16H,3,5,7,12-13H2,1H3,(H,24,26)/t16-/m0/s1. The van der Waals surface area contributed by atoms with Crippen LogP contribution in [0, 0.1) is 0 Å². The van der Waals surface area contributed by atoms with Gasteiger partial charge < -0.3 is 0 Å². The van der Waals surface area contributed by atoms with Gasteiger partial charge in [-0.2, -0.15) is 23.4 Å². The lowest BCUT2D eigenvalue weighted by atomic mass is 9.90. The fraction of sp³-hybridized carbons (Fsp3) is 0.400. The van der Waals surface area contributed by atoms with Gasteiger partial charge in [0.15, 0.2) is 0 Å². The second-order valence-corrected chi connectivity index (χ2v) is 7.37. The Kier molecular flexibility index (Phi) is 4.97. The quantitative estimate of drug-likeness (QED) is 0.727. The fourth-order valence-electron chi connectivity index (χ4n) is 3.95. The van der Waals surface area contributed by atoms with Crippen LogP contribution in [0.25, 0.3) is 11.1 Å². The van der Waals surface area contributed by atoms with E-state index in [1.807, 2.05) is 19.4 Å². The third-order valence-corrected chi connectivity index (χ3v) is 5.25. The van der Waals surface area contributed by atoms with E-state index in [2.05, 4.69) is 20.2 Å². The molecule has 0 radical (unpaired) electrons. The lowest BCUT2D eigenvalue weighted by Crippen LogP contribution is -2.34. The number of rotatable bonds is 4. The van der Waals surface area contributed by atoms with Gasteiger partial charge in [-0.15, -0.1) is 0 Å². The van der Waals surface area contributed by atoms with Gasteiger partial charge in [-0.1, -0.05) is 12.1 Å². The molecule has 0 amide bonds. The summed E-state index contributed by atoms with van der Waals surface area (Å²) in [6.07, 6.45) is 3.17. The lowest BCUT2D eigenvalue weighted by Gasteiger charge is -2.32. The van der Waals surface area contributed by atoms with Gasteiger partial charge in [0.05, 0.1) is 18.0 Å². The second kappa shape index (κ2) is 7.43. The molecule has 2 aromatic heterocycles. The van der Waals surface area contributed by atoms with Gasteiger partial charge in [0.25, 0.3) is 0 Å². The van der Waals surface area contributed by atoms with Crippen molar-refractivity contribution in [3.63, 3.8) is 0 Å². The Hall–Kier alpha value is -2.61. The molecule has 4 rings (SSSR count). The van der Waals surface area contributed by atoms with Gasteiger partial charge in [0, 0.05) is 49.1 Å². The summed E-state index contributed by atoms with van der Waals surface area (Å²) in [6, 6.07) is 5.45. The van der Waals surface area contributed by atoms with Crippen molar-refractivity contribution in [2.75, 3.05) is 13.1 Å². The molecule has 0 unspecified atom stereocenters. The number of halogens is 3. The Labute approximate surface area is 161 Å². The fourth-order valence-corrected chi connectivity index (χ4v) is 3.95. The number of nitrogens with zero attached hydrogens (tertiary/aromatic N) is 4. The lowest BCUT2D eigenvalue weighted by molar-refractivity contribution is -0.137. The summed E-state index contributed by atoms with van der Waals surface area (Å²) < 4.78 is 41.1. The van der Waals surface area contributed by atoms with Crippen LogP contribution in [0.2, 0.25) is 0 Å². The van der Waals surface area contributed by atoms with E-state index in [-0.39, 0.29) is 5.92 Å². The van der Waals surface area contributed by atoms with Crippen molar-refractivity contribution in [2.24, 2.45) is 7.05 Å². The van der Waals surface area contributed by atoms with Crippen molar-refractivity contribution in [3.8, 4) is 11.1 Å². The van der Waals surface area contributed by atoms with Gasteiger partial charge in [0.1, 0.15) is 0 Å². The minimum atomic E-state index is -4.36. The van der Waals surface area contributed by atoms with Gasteiger partial charge in [-0.25, -0.2) is 0 Å². The third-order valence-electron chi connectivity index (χ3n) is 5.25. The zero-order chi connectivity index (χ0) is 19.7. The Morgan fingerprint density at radius 1 is 1.25 bits per heavy atom. The highest BCUT2D eigenvalue weighted by atomic mass is 19.4.